The number of nitrogens with zero attached hydrogens (tertiary/aromatic N) is 2. The Morgan fingerprint density at radius 1 is 1.19 bits per heavy atom. The van der Waals surface area contributed by atoms with Crippen LogP contribution in [-0.4, -0.2) is 60.5 Å². The van der Waals surface area contributed by atoms with E-state index in [1.165, 1.54) is 18.9 Å². The molecule has 1 amide bonds. The molecule has 168 valence electrons. The molecule has 32 heavy (non-hydrogen) atoms. The molecular formula is C23H24N2O6S. The van der Waals surface area contributed by atoms with Crippen LogP contribution in [0.3, 0.4) is 0 Å². The second kappa shape index (κ2) is 11.4. The molecule has 0 bridgehead atoms. The Bertz CT molecular complexity index is 1020. The fourth-order valence-corrected chi connectivity index (χ4v) is 3.91. The summed E-state index contributed by atoms with van der Waals surface area (Å²) in [7, 11) is 1.47. The van der Waals surface area contributed by atoms with E-state index in [9.17, 15) is 9.59 Å². The van der Waals surface area contributed by atoms with E-state index in [0.29, 0.717) is 46.9 Å². The van der Waals surface area contributed by atoms with Crippen LogP contribution in [0.25, 0.3) is 6.08 Å². The Hall–Kier alpha value is -3.30. The summed E-state index contributed by atoms with van der Waals surface area (Å²) in [5.41, 5.74) is 1.47. The molecule has 1 heterocycles. The normalized spacial score (nSPS) is 16.1. The van der Waals surface area contributed by atoms with Crippen LogP contribution in [0.1, 0.15) is 12.5 Å². The number of aliphatic carboxylic acids is 1. The minimum Gasteiger partial charge on any atom is -0.493 e. The third-order valence-corrected chi connectivity index (χ3v) is 5.38. The van der Waals surface area contributed by atoms with Gasteiger partial charge in [-0.3, -0.25) is 9.69 Å². The van der Waals surface area contributed by atoms with Gasteiger partial charge in [-0.15, -0.1) is 0 Å². The van der Waals surface area contributed by atoms with E-state index >= 15 is 0 Å². The lowest BCUT2D eigenvalue weighted by molar-refractivity contribution is -0.139. The third-order valence-electron chi connectivity index (χ3n) is 4.37. The van der Waals surface area contributed by atoms with Crippen LogP contribution in [-0.2, 0) is 14.3 Å². The lowest BCUT2D eigenvalue weighted by atomic mass is 10.2. The average Bonchev–Trinajstić information content (AvgIpc) is 3.07. The minimum atomic E-state index is -1.08. The number of ether oxygens (including phenoxy) is 3. The van der Waals surface area contributed by atoms with Crippen molar-refractivity contribution in [3.05, 3.63) is 59.0 Å². The Balaban J connectivity index is 1.87. The van der Waals surface area contributed by atoms with Crippen LogP contribution >= 0.6 is 11.8 Å². The number of carbonyl (C=O) groups is 2. The molecule has 0 aliphatic carbocycles. The van der Waals surface area contributed by atoms with Gasteiger partial charge in [0.05, 0.1) is 30.9 Å². The van der Waals surface area contributed by atoms with Crippen LogP contribution < -0.4 is 9.47 Å². The lowest BCUT2D eigenvalue weighted by Gasteiger charge is -2.15. The molecule has 8 nitrogen and oxygen atoms in total. The van der Waals surface area contributed by atoms with Crippen molar-refractivity contribution in [1.82, 2.24) is 4.90 Å². The molecule has 0 radical (unpaired) electrons. The Morgan fingerprint density at radius 2 is 1.97 bits per heavy atom. The molecule has 1 N–H and O–H groups in total. The molecule has 0 aromatic heterocycles. The Kier molecular flexibility index (Phi) is 8.29. The highest BCUT2D eigenvalue weighted by atomic mass is 32.2. The van der Waals surface area contributed by atoms with Gasteiger partial charge in [-0.25, -0.2) is 9.79 Å². The van der Waals surface area contributed by atoms with Gasteiger partial charge >= 0.3 is 5.97 Å². The van der Waals surface area contributed by atoms with Crippen molar-refractivity contribution in [1.29, 1.82) is 0 Å². The highest BCUT2D eigenvalue weighted by molar-refractivity contribution is 8.18. The first kappa shape index (κ1) is 23.4. The van der Waals surface area contributed by atoms with Crippen molar-refractivity contribution in [2.75, 3.05) is 33.5 Å². The molecule has 1 aliphatic heterocycles. The molecule has 3 rings (SSSR count). The maximum Gasteiger partial charge on any atom is 0.341 e. The van der Waals surface area contributed by atoms with Crippen LogP contribution in [0.4, 0.5) is 5.69 Å². The number of thioether (sulfide) groups is 1. The predicted octanol–water partition coefficient (Wildman–Crippen LogP) is 3.80. The van der Waals surface area contributed by atoms with Crippen molar-refractivity contribution < 1.29 is 28.9 Å². The van der Waals surface area contributed by atoms with Crippen molar-refractivity contribution in [2.24, 2.45) is 4.99 Å². The zero-order valence-electron chi connectivity index (χ0n) is 17.8. The van der Waals surface area contributed by atoms with E-state index in [-0.39, 0.29) is 5.91 Å². The maximum atomic E-state index is 13.1. The largest absolute Gasteiger partial charge is 0.493 e. The first-order chi connectivity index (χ1) is 15.5. The summed E-state index contributed by atoms with van der Waals surface area (Å²) < 4.78 is 16.0. The van der Waals surface area contributed by atoms with E-state index in [1.54, 1.807) is 29.2 Å². The number of methoxy groups -OCH3 is 1. The van der Waals surface area contributed by atoms with E-state index in [2.05, 4.69) is 4.99 Å². The van der Waals surface area contributed by atoms with Gasteiger partial charge in [0.25, 0.3) is 5.91 Å². The van der Waals surface area contributed by atoms with Gasteiger partial charge in [0.1, 0.15) is 0 Å². The van der Waals surface area contributed by atoms with Crippen molar-refractivity contribution in [3.8, 4) is 11.5 Å². The molecule has 0 atom stereocenters. The fourth-order valence-electron chi connectivity index (χ4n) is 2.89. The molecule has 9 heteroatoms. The summed E-state index contributed by atoms with van der Waals surface area (Å²) in [5, 5.41) is 9.39. The quantitative estimate of drug-likeness (QED) is 0.429. The smallest absolute Gasteiger partial charge is 0.341 e. The molecule has 0 saturated carbocycles. The van der Waals surface area contributed by atoms with Gasteiger partial charge < -0.3 is 19.3 Å². The first-order valence-electron chi connectivity index (χ1n) is 9.97. The minimum absolute atomic E-state index is 0.158. The van der Waals surface area contributed by atoms with E-state index < -0.39 is 12.6 Å². The third kappa shape index (κ3) is 6.12. The van der Waals surface area contributed by atoms with Crippen molar-refractivity contribution in [3.63, 3.8) is 0 Å². The highest BCUT2D eigenvalue weighted by Crippen LogP contribution is 2.35. The number of amides is 1. The highest BCUT2D eigenvalue weighted by Gasteiger charge is 2.33. The van der Waals surface area contributed by atoms with Gasteiger partial charge in [-0.05, 0) is 54.6 Å². The predicted molar refractivity (Wildman–Crippen MR) is 123 cm³/mol. The monoisotopic (exact) mass is 456 g/mol. The molecule has 1 aliphatic rings. The van der Waals surface area contributed by atoms with Gasteiger partial charge in [0.15, 0.2) is 23.3 Å². The van der Waals surface area contributed by atoms with Crippen molar-refractivity contribution in [2.45, 2.75) is 6.92 Å². The SMILES string of the molecule is CCOCCN1C(=O)/C(=C/c2ccc(OCC(=O)O)c(OC)c2)SC1=Nc1ccccc1. The number of amidine groups is 1. The number of para-hydroxylation sites is 1. The number of carboxylic acids is 1. The van der Waals surface area contributed by atoms with E-state index in [0.717, 1.165) is 5.69 Å². The zero-order chi connectivity index (χ0) is 22.9. The second-order valence-electron chi connectivity index (χ2n) is 6.59. The number of hydrogen-bond donors (Lipinski definition) is 1. The number of carbonyl (C=O) groups excluding carboxylic acids is 1. The van der Waals surface area contributed by atoms with Crippen LogP contribution in [0.2, 0.25) is 0 Å². The standard InChI is InChI=1S/C23H24N2O6S/c1-3-30-12-11-25-22(28)20(32-23(25)24-17-7-5-4-6-8-17)14-16-9-10-18(19(13-16)29-2)31-15-21(26)27/h4-10,13-14H,3,11-12,15H2,1-2H3,(H,26,27)/b20-14-,24-23?. The number of benzene rings is 2. The van der Waals surface area contributed by atoms with Crippen LogP contribution in [0.5, 0.6) is 11.5 Å². The summed E-state index contributed by atoms with van der Waals surface area (Å²) in [4.78, 5) is 30.6. The average molecular weight is 457 g/mol. The van der Waals surface area contributed by atoms with E-state index in [1.807, 2.05) is 37.3 Å². The van der Waals surface area contributed by atoms with Crippen molar-refractivity contribution >= 4 is 40.6 Å². The molecule has 1 saturated heterocycles. The van der Waals surface area contributed by atoms with E-state index in [4.69, 9.17) is 19.3 Å². The lowest BCUT2D eigenvalue weighted by Crippen LogP contribution is -2.32. The number of rotatable bonds is 10. The van der Waals surface area contributed by atoms with Gasteiger partial charge in [0, 0.05) is 6.61 Å². The van der Waals surface area contributed by atoms with Crippen LogP contribution in [0.15, 0.2) is 58.4 Å². The molecular weight excluding hydrogens is 432 g/mol. The summed E-state index contributed by atoms with van der Waals surface area (Å²) in [5.74, 6) is -0.548. The zero-order valence-corrected chi connectivity index (χ0v) is 18.6. The Labute approximate surface area is 190 Å². The van der Waals surface area contributed by atoms with Crippen LogP contribution in [0, 0.1) is 0 Å². The molecule has 0 unspecified atom stereocenters. The number of hydrogen-bond acceptors (Lipinski definition) is 7. The fraction of sp³-hybridized carbons (Fsp3) is 0.261. The summed E-state index contributed by atoms with van der Waals surface area (Å²) in [6, 6.07) is 14.5. The molecule has 2 aromatic rings. The second-order valence-corrected chi connectivity index (χ2v) is 7.60. The topological polar surface area (TPSA) is 97.7 Å². The Morgan fingerprint density at radius 3 is 2.66 bits per heavy atom. The molecule has 1 fully saturated rings. The van der Waals surface area contributed by atoms with Gasteiger partial charge in [0.2, 0.25) is 0 Å². The first-order valence-corrected chi connectivity index (χ1v) is 10.8. The summed E-state index contributed by atoms with van der Waals surface area (Å²) in [6.07, 6.45) is 1.75. The van der Waals surface area contributed by atoms with Gasteiger partial charge in [-0.2, -0.15) is 0 Å². The van der Waals surface area contributed by atoms with Gasteiger partial charge in [-0.1, -0.05) is 24.3 Å². The molecule has 2 aromatic carbocycles. The number of aliphatic imine (C=N–C) groups is 1. The summed E-state index contributed by atoms with van der Waals surface area (Å²) in [6.45, 7) is 2.81. The number of carboxylic acid groups (broad SMARTS) is 1. The maximum absolute atomic E-state index is 13.1. The molecule has 0 spiro atoms. The summed E-state index contributed by atoms with van der Waals surface area (Å²) >= 11 is 1.29.